The first-order chi connectivity index (χ1) is 23.5. The van der Waals surface area contributed by atoms with Crippen LogP contribution in [0.2, 0.25) is 5.02 Å². The first-order valence-electron chi connectivity index (χ1n) is 15.9. The molecular weight excluding hydrogens is 667 g/mol. The number of nitrogens with one attached hydrogen (secondary N) is 1. The minimum Gasteiger partial charge on any atom is -0.505 e. The molecule has 16 heteroatoms. The number of halogens is 4. The molecule has 49 heavy (non-hydrogen) atoms. The smallest absolute Gasteiger partial charge is 0.416 e. The van der Waals surface area contributed by atoms with E-state index in [9.17, 15) is 32.7 Å². The minimum absolute atomic E-state index is 0.0103. The summed E-state index contributed by atoms with van der Waals surface area (Å²) in [6.07, 6.45) is 1.48. The van der Waals surface area contributed by atoms with Crippen LogP contribution in [0.3, 0.4) is 0 Å². The Morgan fingerprint density at radius 3 is 2.76 bits per heavy atom. The molecule has 3 aromatic heterocycles. The van der Waals surface area contributed by atoms with Crippen LogP contribution in [0.25, 0.3) is 11.4 Å². The summed E-state index contributed by atoms with van der Waals surface area (Å²) in [7, 11) is 0. The van der Waals surface area contributed by atoms with Crippen molar-refractivity contribution in [3.05, 3.63) is 86.3 Å². The van der Waals surface area contributed by atoms with Crippen LogP contribution in [-0.4, -0.2) is 71.8 Å². The summed E-state index contributed by atoms with van der Waals surface area (Å²) in [5, 5.41) is 17.2. The monoisotopic (exact) mass is 695 g/mol. The molecule has 4 aliphatic rings. The van der Waals surface area contributed by atoms with E-state index in [2.05, 4.69) is 15.4 Å². The highest BCUT2D eigenvalue weighted by Crippen LogP contribution is 2.60. The fourth-order valence-electron chi connectivity index (χ4n) is 7.85. The van der Waals surface area contributed by atoms with Gasteiger partial charge in [0.15, 0.2) is 11.5 Å². The number of benzene rings is 1. The van der Waals surface area contributed by atoms with Crippen molar-refractivity contribution in [1.29, 1.82) is 0 Å². The molecule has 3 atom stereocenters. The molecule has 1 saturated heterocycles. The van der Waals surface area contributed by atoms with Crippen molar-refractivity contribution in [2.24, 2.45) is 5.92 Å². The lowest BCUT2D eigenvalue weighted by Gasteiger charge is -2.39. The topological polar surface area (TPSA) is 144 Å². The van der Waals surface area contributed by atoms with Gasteiger partial charge in [0, 0.05) is 35.5 Å². The fourth-order valence-corrected chi connectivity index (χ4v) is 8.07. The van der Waals surface area contributed by atoms with E-state index >= 15 is 0 Å². The van der Waals surface area contributed by atoms with Gasteiger partial charge in [-0.25, -0.2) is 4.98 Å². The maximum atomic E-state index is 14.4. The number of aromatic nitrogens is 5. The quantitative estimate of drug-likeness (QED) is 0.316. The van der Waals surface area contributed by atoms with E-state index in [-0.39, 0.29) is 57.9 Å². The van der Waals surface area contributed by atoms with Gasteiger partial charge in [0.05, 0.1) is 29.5 Å². The third-order valence-electron chi connectivity index (χ3n) is 10.2. The average Bonchev–Trinajstić information content (AvgIpc) is 3.62. The van der Waals surface area contributed by atoms with Gasteiger partial charge in [0.1, 0.15) is 12.3 Å². The third kappa shape index (κ3) is 5.17. The number of fused-ring (bicyclic) bond motifs is 5. The van der Waals surface area contributed by atoms with E-state index in [1.807, 2.05) is 6.08 Å². The highest BCUT2D eigenvalue weighted by molar-refractivity contribution is 6.33. The number of alkyl halides is 3. The van der Waals surface area contributed by atoms with Gasteiger partial charge < -0.3 is 24.6 Å². The Balaban J connectivity index is 1.16. The van der Waals surface area contributed by atoms with Crippen LogP contribution in [0.4, 0.5) is 18.9 Å². The molecule has 1 unspecified atom stereocenters. The van der Waals surface area contributed by atoms with Crippen LogP contribution < -0.4 is 10.9 Å². The van der Waals surface area contributed by atoms with Gasteiger partial charge >= 0.3 is 6.18 Å². The van der Waals surface area contributed by atoms with Gasteiger partial charge in [-0.2, -0.15) is 22.7 Å². The number of ether oxygens (including phenoxy) is 1. The Labute approximate surface area is 281 Å². The Kier molecular flexibility index (Phi) is 7.33. The zero-order valence-corrected chi connectivity index (χ0v) is 26.6. The van der Waals surface area contributed by atoms with E-state index in [0.717, 1.165) is 23.8 Å². The standard InChI is InChI=1S/C33H29ClF3N7O5/c34-20-14-18(33(35,36)37)3-4-21(20)39-25(46)16-43-22-5-8-32(9-11-42(23-15-19(23)32)30(48)27-24(45)2-1-10-38-27)26(22)29(47)44-31(43)40-28(41-44)17-6-12-49-13-7-17/h1-4,6,10,14,19,23,45H,5,7-9,11-13,15-16H2,(H,39,46)/t19-,23+,32?/m0/s1. The molecule has 5 heterocycles. The lowest BCUT2D eigenvalue weighted by molar-refractivity contribution is -0.137. The van der Waals surface area contributed by atoms with Crippen molar-refractivity contribution in [2.45, 2.75) is 56.3 Å². The molecule has 0 bridgehead atoms. The first kappa shape index (κ1) is 31.5. The molecule has 12 nitrogen and oxygen atoms in total. The number of aromatic hydroxyl groups is 1. The number of hydrogen-bond donors (Lipinski definition) is 2. The minimum atomic E-state index is -4.60. The molecule has 1 aromatic carbocycles. The van der Waals surface area contributed by atoms with E-state index in [4.69, 9.17) is 21.3 Å². The lowest BCUT2D eigenvalue weighted by atomic mass is 9.73. The Morgan fingerprint density at radius 2 is 2.02 bits per heavy atom. The molecule has 2 N–H and O–H groups in total. The zero-order valence-electron chi connectivity index (χ0n) is 25.8. The number of carbonyl (C=O) groups is 2. The van der Waals surface area contributed by atoms with E-state index < -0.39 is 23.1 Å². The second-order valence-electron chi connectivity index (χ2n) is 12.8. The molecule has 1 saturated carbocycles. The van der Waals surface area contributed by atoms with Gasteiger partial charge in [-0.3, -0.25) is 14.4 Å². The van der Waals surface area contributed by atoms with Gasteiger partial charge in [0.2, 0.25) is 11.7 Å². The number of nitrogens with zero attached hydrogens (tertiary/aromatic N) is 6. The van der Waals surface area contributed by atoms with Gasteiger partial charge in [-0.1, -0.05) is 17.7 Å². The van der Waals surface area contributed by atoms with Crippen molar-refractivity contribution in [3.63, 3.8) is 0 Å². The highest BCUT2D eigenvalue weighted by atomic mass is 35.5. The molecular formula is C33H29ClF3N7O5. The highest BCUT2D eigenvalue weighted by Gasteiger charge is 2.63. The van der Waals surface area contributed by atoms with Crippen molar-refractivity contribution < 1.29 is 32.6 Å². The molecule has 4 aromatic rings. The predicted molar refractivity (Wildman–Crippen MR) is 169 cm³/mol. The van der Waals surface area contributed by atoms with Crippen molar-refractivity contribution >= 4 is 40.5 Å². The Hall–Kier alpha value is -4.76. The lowest BCUT2D eigenvalue weighted by Crippen LogP contribution is -2.48. The van der Waals surface area contributed by atoms with E-state index in [1.165, 1.54) is 16.8 Å². The first-order valence-corrected chi connectivity index (χ1v) is 16.3. The summed E-state index contributed by atoms with van der Waals surface area (Å²) in [5.74, 6) is -0.655. The number of rotatable bonds is 5. The average molecular weight is 696 g/mol. The maximum absolute atomic E-state index is 14.4. The predicted octanol–water partition coefficient (Wildman–Crippen LogP) is 4.22. The fraction of sp³-hybridized carbons (Fsp3) is 0.394. The normalized spacial score (nSPS) is 22.9. The van der Waals surface area contributed by atoms with Crippen LogP contribution in [-0.2, 0) is 34.1 Å². The van der Waals surface area contributed by atoms with E-state index in [0.29, 0.717) is 68.9 Å². The molecule has 1 spiro atoms. The summed E-state index contributed by atoms with van der Waals surface area (Å²) in [6.45, 7) is 0.877. The molecule has 2 aliphatic carbocycles. The van der Waals surface area contributed by atoms with Crippen LogP contribution in [0.5, 0.6) is 5.75 Å². The molecule has 254 valence electrons. The number of likely N-dealkylation sites (tertiary alicyclic amines) is 1. The van der Waals surface area contributed by atoms with Crippen LogP contribution in [0.1, 0.15) is 58.8 Å². The van der Waals surface area contributed by atoms with Crippen LogP contribution >= 0.6 is 11.6 Å². The number of pyridine rings is 1. The van der Waals surface area contributed by atoms with E-state index in [1.54, 1.807) is 15.5 Å². The van der Waals surface area contributed by atoms with Crippen LogP contribution in [0, 0.1) is 5.92 Å². The molecule has 8 rings (SSSR count). The van der Waals surface area contributed by atoms with Crippen LogP contribution in [0.15, 0.2) is 47.4 Å². The zero-order chi connectivity index (χ0) is 34.2. The van der Waals surface area contributed by atoms with Crippen molar-refractivity contribution in [1.82, 2.24) is 29.0 Å². The number of amides is 2. The second kappa shape index (κ2) is 11.4. The van der Waals surface area contributed by atoms with Gasteiger partial charge in [-0.05, 0) is 73.9 Å². The van der Waals surface area contributed by atoms with Crippen molar-refractivity contribution in [3.8, 4) is 5.75 Å². The largest absolute Gasteiger partial charge is 0.505 e. The Bertz CT molecular complexity index is 2150. The summed E-state index contributed by atoms with van der Waals surface area (Å²) < 4.78 is 47.9. The third-order valence-corrected chi connectivity index (χ3v) is 10.5. The molecule has 2 fully saturated rings. The molecule has 0 radical (unpaired) electrons. The number of hydrogen-bond acceptors (Lipinski definition) is 8. The summed E-state index contributed by atoms with van der Waals surface area (Å²) >= 11 is 6.13. The summed E-state index contributed by atoms with van der Waals surface area (Å²) in [4.78, 5) is 51.8. The second-order valence-corrected chi connectivity index (χ2v) is 13.2. The number of piperidine rings is 1. The van der Waals surface area contributed by atoms with Gasteiger partial charge in [0.25, 0.3) is 11.5 Å². The summed E-state index contributed by atoms with van der Waals surface area (Å²) in [6, 6.07) is 5.50. The molecule has 2 amide bonds. The Morgan fingerprint density at radius 1 is 1.18 bits per heavy atom. The number of anilines is 1. The maximum Gasteiger partial charge on any atom is 0.416 e. The SMILES string of the molecule is O=C(Cn1c2c(c(=O)n3nc(C4=CCOCC4)nc13)C1(CC2)CCN(C(=O)c2ncccc2O)[C@@H]2C[C@@H]21)Nc1ccc(C(F)(F)F)cc1Cl. The van der Waals surface area contributed by atoms with Crippen molar-refractivity contribution in [2.75, 3.05) is 25.1 Å². The van der Waals surface area contributed by atoms with Gasteiger partial charge in [-0.15, -0.1) is 5.10 Å². The molecule has 2 aliphatic heterocycles. The number of carbonyl (C=O) groups excluding carboxylic acids is 2. The summed E-state index contributed by atoms with van der Waals surface area (Å²) in [5.41, 5.74) is 0.132.